The summed E-state index contributed by atoms with van der Waals surface area (Å²) >= 11 is 1.63. The zero-order valence-corrected chi connectivity index (χ0v) is 16.0. The van der Waals surface area contributed by atoms with Gasteiger partial charge in [-0.05, 0) is 18.1 Å². The zero-order valence-electron chi connectivity index (χ0n) is 14.1. The molecule has 0 bridgehead atoms. The van der Waals surface area contributed by atoms with E-state index < -0.39 is 14.4 Å². The number of thioether (sulfide) groups is 1. The van der Waals surface area contributed by atoms with Crippen molar-refractivity contribution >= 4 is 20.1 Å². The van der Waals surface area contributed by atoms with Crippen molar-refractivity contribution in [2.75, 3.05) is 6.61 Å². The normalized spacial score (nSPS) is 30.0. The van der Waals surface area contributed by atoms with Gasteiger partial charge in [0.15, 0.2) is 14.4 Å². The number of ether oxygens (including phenoxy) is 1. The second-order valence-electron chi connectivity index (χ2n) is 7.67. The van der Waals surface area contributed by atoms with Crippen LogP contribution in [0.15, 0.2) is 17.1 Å². The minimum absolute atomic E-state index is 0.0355. The van der Waals surface area contributed by atoms with Crippen molar-refractivity contribution in [2.24, 2.45) is 0 Å². The van der Waals surface area contributed by atoms with Crippen molar-refractivity contribution < 1.29 is 14.3 Å². The number of hydrogen-bond acceptors (Lipinski definition) is 6. The summed E-state index contributed by atoms with van der Waals surface area (Å²) in [5.41, 5.74) is -0.325. The van der Waals surface area contributed by atoms with Gasteiger partial charge in [0.1, 0.15) is 11.5 Å². The third kappa shape index (κ3) is 2.97. The van der Waals surface area contributed by atoms with Crippen LogP contribution < -0.4 is 10.3 Å². The van der Waals surface area contributed by atoms with Crippen LogP contribution in [0.4, 0.5) is 0 Å². The number of aromatic nitrogens is 2. The van der Waals surface area contributed by atoms with Crippen molar-refractivity contribution in [1.82, 2.24) is 9.55 Å². The van der Waals surface area contributed by atoms with Crippen LogP contribution >= 0.6 is 11.8 Å². The second kappa shape index (κ2) is 5.61. The molecular weight excluding hydrogens is 332 g/mol. The van der Waals surface area contributed by atoms with Gasteiger partial charge in [0.2, 0.25) is 0 Å². The molecule has 128 valence electrons. The molecule has 0 saturated carbocycles. The van der Waals surface area contributed by atoms with E-state index in [1.165, 1.54) is 6.07 Å². The van der Waals surface area contributed by atoms with Crippen LogP contribution in [0.3, 0.4) is 0 Å². The molecule has 0 aromatic carbocycles. The van der Waals surface area contributed by atoms with Gasteiger partial charge in [-0.2, -0.15) is 4.98 Å². The fourth-order valence-corrected chi connectivity index (χ4v) is 5.15. The van der Waals surface area contributed by atoms with Crippen molar-refractivity contribution in [1.29, 1.82) is 0 Å². The molecule has 1 aromatic rings. The summed E-state index contributed by atoms with van der Waals surface area (Å²) < 4.78 is 13.8. The first-order valence-corrected chi connectivity index (χ1v) is 11.7. The average Bonchev–Trinajstić information content (AvgIpc) is 2.92. The van der Waals surface area contributed by atoms with E-state index in [-0.39, 0.29) is 27.3 Å². The minimum Gasteiger partial charge on any atom is -0.455 e. The number of nitrogens with zero attached hydrogens (tertiary/aromatic N) is 2. The molecule has 1 N–H and O–H groups in total. The summed E-state index contributed by atoms with van der Waals surface area (Å²) in [6.07, 6.45) is 0.681. The summed E-state index contributed by atoms with van der Waals surface area (Å²) in [6, 6.07) is 1.71. The molecule has 4 atom stereocenters. The van der Waals surface area contributed by atoms with Gasteiger partial charge in [0, 0.05) is 18.9 Å². The lowest BCUT2D eigenvalue weighted by atomic mass is 10.1. The second-order valence-corrected chi connectivity index (χ2v) is 13.8. The summed E-state index contributed by atoms with van der Waals surface area (Å²) in [5.74, 6) is 0. The molecular formula is C15H24N2O4SSi. The summed E-state index contributed by atoms with van der Waals surface area (Å²) in [4.78, 5) is 15.2. The predicted molar refractivity (Wildman–Crippen MR) is 92.5 cm³/mol. The molecule has 23 heavy (non-hydrogen) atoms. The molecule has 2 aliphatic rings. The highest BCUT2D eigenvalue weighted by Crippen LogP contribution is 2.49. The van der Waals surface area contributed by atoms with Gasteiger partial charge in [0.05, 0.1) is 5.25 Å². The smallest absolute Gasteiger partial charge is 0.301 e. The molecule has 0 aliphatic carbocycles. The molecule has 0 radical (unpaired) electrons. The number of hydrogen-bond donors (Lipinski definition) is 1. The van der Waals surface area contributed by atoms with Crippen molar-refractivity contribution in [3.8, 4) is 6.01 Å². The topological polar surface area (TPSA) is 73.6 Å². The Kier molecular flexibility index (Phi) is 4.15. The van der Waals surface area contributed by atoms with E-state index >= 15 is 0 Å². The maximum atomic E-state index is 11.3. The first-order chi connectivity index (χ1) is 10.6. The molecule has 0 spiro atoms. The van der Waals surface area contributed by atoms with Crippen molar-refractivity contribution in [3.05, 3.63) is 22.6 Å². The first-order valence-electron chi connectivity index (χ1n) is 7.83. The van der Waals surface area contributed by atoms with Crippen LogP contribution in [0.2, 0.25) is 18.1 Å². The minimum atomic E-state index is -1.84. The highest BCUT2D eigenvalue weighted by atomic mass is 32.2. The lowest BCUT2D eigenvalue weighted by molar-refractivity contribution is 0.0447. The quantitative estimate of drug-likeness (QED) is 0.835. The summed E-state index contributed by atoms with van der Waals surface area (Å²) in [5, 5.41) is 10.6. The Morgan fingerprint density at radius 1 is 1.48 bits per heavy atom. The molecule has 1 unspecified atom stereocenters. The zero-order chi connectivity index (χ0) is 17.0. The highest BCUT2D eigenvalue weighted by molar-refractivity contribution is 8.00. The van der Waals surface area contributed by atoms with E-state index in [1.54, 1.807) is 18.0 Å². The Hall–Kier alpha value is -0.833. The van der Waals surface area contributed by atoms with Gasteiger partial charge in [-0.15, -0.1) is 11.8 Å². The first kappa shape index (κ1) is 17.0. The van der Waals surface area contributed by atoms with E-state index in [9.17, 15) is 9.90 Å². The predicted octanol–water partition coefficient (Wildman–Crippen LogP) is 2.00. The highest BCUT2D eigenvalue weighted by Gasteiger charge is 2.51. The van der Waals surface area contributed by atoms with Gasteiger partial charge >= 0.3 is 6.01 Å². The van der Waals surface area contributed by atoms with Crippen LogP contribution in [0.5, 0.6) is 6.01 Å². The molecule has 1 saturated heterocycles. The molecule has 8 heteroatoms. The Labute approximate surface area is 141 Å². The number of aliphatic hydroxyl groups is 1. The van der Waals surface area contributed by atoms with Crippen LogP contribution in [0.1, 0.15) is 26.1 Å². The maximum Gasteiger partial charge on any atom is 0.301 e. The largest absolute Gasteiger partial charge is 0.455 e. The molecule has 3 heterocycles. The van der Waals surface area contributed by atoms with Crippen LogP contribution in [0, 0.1) is 0 Å². The van der Waals surface area contributed by atoms with Gasteiger partial charge in [0.25, 0.3) is 5.56 Å². The van der Waals surface area contributed by atoms with E-state index in [1.807, 2.05) is 4.57 Å². The van der Waals surface area contributed by atoms with Gasteiger partial charge in [-0.1, -0.05) is 20.8 Å². The Morgan fingerprint density at radius 2 is 2.17 bits per heavy atom. The Balaban J connectivity index is 1.70. The van der Waals surface area contributed by atoms with Gasteiger partial charge < -0.3 is 14.3 Å². The van der Waals surface area contributed by atoms with E-state index in [2.05, 4.69) is 38.8 Å². The fraction of sp³-hybridized carbons (Fsp3) is 0.733. The third-order valence-corrected chi connectivity index (χ3v) is 11.1. The molecule has 2 aliphatic heterocycles. The Bertz CT molecular complexity index is 658. The maximum absolute atomic E-state index is 11.3. The average molecular weight is 357 g/mol. The van der Waals surface area contributed by atoms with E-state index in [0.29, 0.717) is 12.6 Å². The van der Waals surface area contributed by atoms with E-state index in [4.69, 9.17) is 9.16 Å². The summed E-state index contributed by atoms with van der Waals surface area (Å²) in [6.45, 7) is 11.5. The van der Waals surface area contributed by atoms with Crippen LogP contribution in [0.25, 0.3) is 0 Å². The number of aliphatic hydroxyl groups excluding tert-OH is 1. The standard InChI is InChI=1S/C15H24N2O4SSi/c1-15(2,3)23(4,5)20-8-9-11(19)12-13(22-9)17-7-6-10(18)16-14(17)21-12/h6-7,9,11-13,19H,8H2,1-5H3/t9-,11+,12?,13-/m1/s1. The molecule has 6 nitrogen and oxygen atoms in total. The van der Waals surface area contributed by atoms with Gasteiger partial charge in [-0.3, -0.25) is 9.36 Å². The summed E-state index contributed by atoms with van der Waals surface area (Å²) in [7, 11) is -1.84. The third-order valence-electron chi connectivity index (χ3n) is 5.05. The SMILES string of the molecule is CC(C)(C)[Si](C)(C)OC[C@H]1S[C@@H]2C(Oc3nc(=O)ccn32)[C@H]1O. The fourth-order valence-electron chi connectivity index (χ4n) is 2.51. The molecule has 3 rings (SSSR count). The van der Waals surface area contributed by atoms with E-state index in [0.717, 1.165) is 0 Å². The number of rotatable bonds is 3. The monoisotopic (exact) mass is 356 g/mol. The molecule has 0 amide bonds. The lowest BCUT2D eigenvalue weighted by Crippen LogP contribution is -2.44. The number of fused-ring (bicyclic) bond motifs is 3. The Morgan fingerprint density at radius 3 is 2.83 bits per heavy atom. The lowest BCUT2D eigenvalue weighted by Gasteiger charge is -2.37. The molecule has 1 aromatic heterocycles. The van der Waals surface area contributed by atoms with Gasteiger partial charge in [-0.25, -0.2) is 0 Å². The van der Waals surface area contributed by atoms with Crippen LogP contribution in [-0.2, 0) is 4.43 Å². The van der Waals surface area contributed by atoms with Crippen molar-refractivity contribution in [3.63, 3.8) is 0 Å². The van der Waals surface area contributed by atoms with Crippen molar-refractivity contribution in [2.45, 2.75) is 61.7 Å². The molecule has 1 fully saturated rings. The van der Waals surface area contributed by atoms with Crippen LogP contribution in [-0.4, -0.2) is 47.0 Å².